The SMILES string of the molecule is COc1ccc(CN(c2ccncn2)S(=O)(=O)c2ccc(OC3CCN([C@@H](C)c4ccccc4)CC3)c(Cl)c2)c(C)c1. The number of halogens is 1. The van der Waals surface area contributed by atoms with Crippen molar-refractivity contribution in [2.24, 2.45) is 0 Å². The van der Waals surface area contributed by atoms with Crippen LogP contribution in [0.4, 0.5) is 5.82 Å². The van der Waals surface area contributed by atoms with Crippen molar-refractivity contribution in [2.45, 2.75) is 50.3 Å². The molecule has 10 heteroatoms. The highest BCUT2D eigenvalue weighted by Gasteiger charge is 2.29. The van der Waals surface area contributed by atoms with E-state index in [1.165, 1.54) is 34.5 Å². The number of benzene rings is 3. The molecule has 0 saturated carbocycles. The van der Waals surface area contributed by atoms with Crippen LogP contribution in [0.25, 0.3) is 0 Å². The number of likely N-dealkylation sites (tertiary alicyclic amines) is 1. The van der Waals surface area contributed by atoms with Crippen molar-refractivity contribution >= 4 is 27.4 Å². The lowest BCUT2D eigenvalue weighted by Crippen LogP contribution is -2.39. The fraction of sp³-hybridized carbons (Fsp3) is 0.312. The van der Waals surface area contributed by atoms with Gasteiger partial charge in [0.15, 0.2) is 0 Å². The van der Waals surface area contributed by atoms with Crippen LogP contribution in [-0.4, -0.2) is 49.6 Å². The van der Waals surface area contributed by atoms with Gasteiger partial charge in [-0.3, -0.25) is 4.90 Å². The summed E-state index contributed by atoms with van der Waals surface area (Å²) in [4.78, 5) is 10.7. The fourth-order valence-electron chi connectivity index (χ4n) is 5.22. The van der Waals surface area contributed by atoms with Gasteiger partial charge >= 0.3 is 0 Å². The smallest absolute Gasteiger partial charge is 0.265 e. The molecule has 1 aliphatic heterocycles. The Labute approximate surface area is 252 Å². The van der Waals surface area contributed by atoms with Gasteiger partial charge in [-0.25, -0.2) is 22.7 Å². The van der Waals surface area contributed by atoms with Gasteiger partial charge in [-0.1, -0.05) is 48.0 Å². The van der Waals surface area contributed by atoms with Gasteiger partial charge in [-0.15, -0.1) is 0 Å². The van der Waals surface area contributed by atoms with Crippen molar-refractivity contribution < 1.29 is 17.9 Å². The molecule has 0 spiro atoms. The van der Waals surface area contributed by atoms with Gasteiger partial charge in [0.1, 0.15) is 29.7 Å². The third-order valence-electron chi connectivity index (χ3n) is 7.78. The normalized spacial score (nSPS) is 15.2. The summed E-state index contributed by atoms with van der Waals surface area (Å²) in [7, 11) is -2.44. The highest BCUT2D eigenvalue weighted by molar-refractivity contribution is 7.92. The predicted molar refractivity (Wildman–Crippen MR) is 165 cm³/mol. The van der Waals surface area contributed by atoms with E-state index < -0.39 is 10.0 Å². The van der Waals surface area contributed by atoms with Gasteiger partial charge in [-0.2, -0.15) is 0 Å². The average Bonchev–Trinajstić information content (AvgIpc) is 3.02. The molecule has 220 valence electrons. The third kappa shape index (κ3) is 6.69. The van der Waals surface area contributed by atoms with E-state index in [4.69, 9.17) is 21.1 Å². The zero-order valence-corrected chi connectivity index (χ0v) is 25.6. The maximum Gasteiger partial charge on any atom is 0.265 e. The molecule has 0 aliphatic carbocycles. The maximum atomic E-state index is 14.0. The topological polar surface area (TPSA) is 84.9 Å². The van der Waals surface area contributed by atoms with Crippen LogP contribution in [0.3, 0.4) is 0 Å². The number of nitrogens with zero attached hydrogens (tertiary/aromatic N) is 4. The summed E-state index contributed by atoms with van der Waals surface area (Å²) in [6.07, 6.45) is 4.56. The van der Waals surface area contributed by atoms with Crippen molar-refractivity contribution in [2.75, 3.05) is 24.5 Å². The number of ether oxygens (including phenoxy) is 2. The molecular formula is C32H35ClN4O4S. The summed E-state index contributed by atoms with van der Waals surface area (Å²) in [6.45, 7) is 6.03. The Bertz CT molecular complexity index is 1600. The van der Waals surface area contributed by atoms with Crippen LogP contribution in [-0.2, 0) is 16.6 Å². The minimum absolute atomic E-state index is 0.000236. The Morgan fingerprint density at radius 3 is 2.45 bits per heavy atom. The molecule has 1 atom stereocenters. The quantitative estimate of drug-likeness (QED) is 0.205. The number of anilines is 1. The Morgan fingerprint density at radius 2 is 1.81 bits per heavy atom. The molecule has 0 N–H and O–H groups in total. The van der Waals surface area contributed by atoms with Crippen molar-refractivity contribution in [3.63, 3.8) is 0 Å². The van der Waals surface area contributed by atoms with Crippen LogP contribution < -0.4 is 13.8 Å². The summed E-state index contributed by atoms with van der Waals surface area (Å²) < 4.78 is 40.8. The van der Waals surface area contributed by atoms with E-state index in [1.807, 2.05) is 31.2 Å². The molecular weight excluding hydrogens is 572 g/mol. The van der Waals surface area contributed by atoms with Crippen molar-refractivity contribution in [1.82, 2.24) is 14.9 Å². The number of sulfonamides is 1. The summed E-state index contributed by atoms with van der Waals surface area (Å²) in [6, 6.07) is 22.6. The van der Waals surface area contributed by atoms with Gasteiger partial charge < -0.3 is 9.47 Å². The standard InChI is InChI=1S/C32H35ClN4O4S/c1-23-19-28(40-3)10-9-26(23)21-37(32-13-16-34-22-35-32)42(38,39)29-11-12-31(30(33)20-29)41-27-14-17-36(18-15-27)24(2)25-7-5-4-6-8-25/h4-13,16,19-20,22,24,27H,14-15,17-18,21H2,1-3H3/t24-/m0/s1. The van der Waals surface area contributed by atoms with E-state index in [9.17, 15) is 8.42 Å². The molecule has 0 unspecified atom stereocenters. The van der Waals surface area contributed by atoms with Crippen molar-refractivity contribution in [1.29, 1.82) is 0 Å². The number of aryl methyl sites for hydroxylation is 1. The Balaban J connectivity index is 1.31. The molecule has 4 aromatic rings. The Kier molecular flexibility index (Phi) is 9.30. The van der Waals surface area contributed by atoms with Crippen LogP contribution in [0, 0.1) is 6.92 Å². The molecule has 8 nitrogen and oxygen atoms in total. The number of hydrogen-bond acceptors (Lipinski definition) is 7. The van der Waals surface area contributed by atoms with Gasteiger partial charge in [0, 0.05) is 31.4 Å². The average molecular weight is 607 g/mol. The van der Waals surface area contributed by atoms with E-state index in [1.54, 1.807) is 19.2 Å². The summed E-state index contributed by atoms with van der Waals surface area (Å²) in [5, 5.41) is 0.249. The zero-order chi connectivity index (χ0) is 29.7. The zero-order valence-electron chi connectivity index (χ0n) is 24.0. The number of piperidine rings is 1. The van der Waals surface area contributed by atoms with E-state index in [0.29, 0.717) is 17.5 Å². The van der Waals surface area contributed by atoms with Crippen molar-refractivity contribution in [3.8, 4) is 11.5 Å². The molecule has 0 radical (unpaired) electrons. The summed E-state index contributed by atoms with van der Waals surface area (Å²) in [5.74, 6) is 1.43. The molecule has 42 heavy (non-hydrogen) atoms. The van der Waals surface area contributed by atoms with E-state index in [2.05, 4.69) is 46.1 Å². The van der Waals surface area contributed by atoms with Crippen molar-refractivity contribution in [3.05, 3.63) is 107 Å². The number of rotatable bonds is 10. The monoisotopic (exact) mass is 606 g/mol. The first-order valence-electron chi connectivity index (χ1n) is 13.9. The second-order valence-corrected chi connectivity index (χ2v) is 12.7. The summed E-state index contributed by atoms with van der Waals surface area (Å²) in [5.41, 5.74) is 3.02. The predicted octanol–water partition coefficient (Wildman–Crippen LogP) is 6.45. The third-order valence-corrected chi connectivity index (χ3v) is 9.82. The van der Waals surface area contributed by atoms with Crippen LogP contribution in [0.15, 0.2) is 90.2 Å². The molecule has 5 rings (SSSR count). The van der Waals surface area contributed by atoms with Gasteiger partial charge in [0.05, 0.1) is 23.6 Å². The van der Waals surface area contributed by atoms with Gasteiger partial charge in [0.25, 0.3) is 10.0 Å². The van der Waals surface area contributed by atoms with Gasteiger partial charge in [-0.05, 0) is 73.7 Å². The number of aromatic nitrogens is 2. The van der Waals surface area contributed by atoms with Gasteiger partial charge in [0.2, 0.25) is 0 Å². The molecule has 2 heterocycles. The van der Waals surface area contributed by atoms with Crippen LogP contribution in [0.1, 0.15) is 42.5 Å². The van der Waals surface area contributed by atoms with Crippen LogP contribution in [0.2, 0.25) is 5.02 Å². The lowest BCUT2D eigenvalue weighted by Gasteiger charge is -2.36. The molecule has 3 aromatic carbocycles. The lowest BCUT2D eigenvalue weighted by molar-refractivity contribution is 0.0797. The second kappa shape index (κ2) is 13.1. The van der Waals surface area contributed by atoms with E-state index >= 15 is 0 Å². The Hall–Kier alpha value is -3.66. The number of hydrogen-bond donors (Lipinski definition) is 0. The summed E-state index contributed by atoms with van der Waals surface area (Å²) >= 11 is 6.63. The molecule has 1 aliphatic rings. The highest BCUT2D eigenvalue weighted by atomic mass is 35.5. The van der Waals surface area contributed by atoms with E-state index in [-0.39, 0.29) is 28.4 Å². The lowest BCUT2D eigenvalue weighted by atomic mass is 10.0. The minimum Gasteiger partial charge on any atom is -0.497 e. The Morgan fingerprint density at radius 1 is 1.05 bits per heavy atom. The fourth-order valence-corrected chi connectivity index (χ4v) is 6.93. The second-order valence-electron chi connectivity index (χ2n) is 10.4. The van der Waals surface area contributed by atoms with Crippen LogP contribution >= 0.6 is 11.6 Å². The molecule has 1 aromatic heterocycles. The molecule has 1 saturated heterocycles. The first-order chi connectivity index (χ1) is 20.3. The minimum atomic E-state index is -4.04. The first kappa shape index (κ1) is 29.8. The number of methoxy groups -OCH3 is 1. The van der Waals surface area contributed by atoms with Crippen LogP contribution in [0.5, 0.6) is 11.5 Å². The molecule has 1 fully saturated rings. The first-order valence-corrected chi connectivity index (χ1v) is 15.8. The largest absolute Gasteiger partial charge is 0.497 e. The highest BCUT2D eigenvalue weighted by Crippen LogP contribution is 2.34. The molecule has 0 bridgehead atoms. The maximum absolute atomic E-state index is 14.0. The molecule has 0 amide bonds. The van der Waals surface area contributed by atoms with E-state index in [0.717, 1.165) is 37.1 Å².